The Balaban J connectivity index is 1.11. The maximum absolute atomic E-state index is 5.33. The van der Waals surface area contributed by atoms with E-state index in [4.69, 9.17) is 9.97 Å². The van der Waals surface area contributed by atoms with E-state index in [9.17, 15) is 0 Å². The van der Waals surface area contributed by atoms with Gasteiger partial charge in [-0.3, -0.25) is 0 Å². The molecule has 8 aromatic carbocycles. The summed E-state index contributed by atoms with van der Waals surface area (Å²) in [7, 11) is 0. The van der Waals surface area contributed by atoms with Gasteiger partial charge < -0.3 is 0 Å². The van der Waals surface area contributed by atoms with Crippen LogP contribution in [0.5, 0.6) is 0 Å². The molecule has 10 aromatic rings. The van der Waals surface area contributed by atoms with Crippen LogP contribution in [0, 0.1) is 0 Å². The number of hydrogen-bond donors (Lipinski definition) is 0. The van der Waals surface area contributed by atoms with Crippen LogP contribution in [0.1, 0.15) is 0 Å². The molecule has 0 aliphatic carbocycles. The lowest BCUT2D eigenvalue weighted by atomic mass is 9.90. The van der Waals surface area contributed by atoms with E-state index in [0.29, 0.717) is 0 Å². The molecule has 2 aromatic heterocycles. The molecule has 0 amide bonds. The van der Waals surface area contributed by atoms with Crippen LogP contribution in [-0.4, -0.2) is 9.97 Å². The zero-order valence-corrected chi connectivity index (χ0v) is 30.7. The first kappa shape index (κ1) is 33.2. The van der Waals surface area contributed by atoms with Gasteiger partial charge in [0, 0.05) is 22.1 Å². The van der Waals surface area contributed by atoms with E-state index in [-0.39, 0.29) is 0 Å². The fourth-order valence-corrected chi connectivity index (χ4v) is 7.88. The topological polar surface area (TPSA) is 25.8 Å². The lowest BCUT2D eigenvalue weighted by Crippen LogP contribution is -1.93. The predicted octanol–water partition coefficient (Wildman–Crippen LogP) is 14.5. The molecule has 0 unspecified atom stereocenters. The predicted molar refractivity (Wildman–Crippen MR) is 235 cm³/mol. The molecule has 0 N–H and O–H groups in total. The number of fused-ring (bicyclic) bond motifs is 3. The fraction of sp³-hybridized carbons (Fsp3) is 0. The molecule has 0 aliphatic heterocycles. The molecule has 56 heavy (non-hydrogen) atoms. The Bertz CT molecular complexity index is 2970. The monoisotopic (exact) mass is 712 g/mol. The molecule has 0 saturated heterocycles. The van der Waals surface area contributed by atoms with Crippen molar-refractivity contribution in [1.82, 2.24) is 9.97 Å². The van der Waals surface area contributed by atoms with E-state index in [1.165, 1.54) is 38.4 Å². The molecule has 0 fully saturated rings. The highest BCUT2D eigenvalue weighted by Crippen LogP contribution is 2.41. The first-order chi connectivity index (χ1) is 27.7. The summed E-state index contributed by atoms with van der Waals surface area (Å²) in [5, 5.41) is 3.56. The third-order valence-electron chi connectivity index (χ3n) is 10.7. The number of benzene rings is 8. The SMILES string of the molecule is c1ccc(-c2cccc(-c3cc(-c4ccc(-c5cc6nc(-c7ccccc7)cc(-c7ccccc7)c6c6ccccc56)cc4)cc(-c4ccccc4)n3)c2)cc1. The maximum Gasteiger partial charge on any atom is 0.0728 e. The molecule has 0 saturated carbocycles. The normalized spacial score (nSPS) is 11.2. The van der Waals surface area contributed by atoms with Crippen LogP contribution >= 0.6 is 0 Å². The minimum absolute atomic E-state index is 0.943. The quantitative estimate of drug-likeness (QED) is 0.154. The Hall–Kier alpha value is -7.42. The number of hydrogen-bond acceptors (Lipinski definition) is 2. The standard InChI is InChI=1S/C54H36N2/c1-5-16-37(17-6-1)43-24-15-25-44(32-43)51-34-45(33-50(55-51)41-20-9-3-10-21-41)38-28-30-40(31-29-38)48-35-53-54(47-27-14-13-26-46(47)48)49(39-18-7-2-8-19-39)36-52(56-53)42-22-11-4-12-23-42/h1-36H. The number of pyridine rings is 2. The number of aromatic nitrogens is 2. The summed E-state index contributed by atoms with van der Waals surface area (Å²) in [6, 6.07) is 77.5. The molecule has 2 heteroatoms. The summed E-state index contributed by atoms with van der Waals surface area (Å²) in [6.07, 6.45) is 0. The van der Waals surface area contributed by atoms with Crippen LogP contribution in [0.3, 0.4) is 0 Å². The van der Waals surface area contributed by atoms with Crippen molar-refractivity contribution in [2.75, 3.05) is 0 Å². The van der Waals surface area contributed by atoms with E-state index in [1.807, 2.05) is 6.07 Å². The van der Waals surface area contributed by atoms with Crippen molar-refractivity contribution >= 4 is 21.7 Å². The van der Waals surface area contributed by atoms with Gasteiger partial charge in [0.15, 0.2) is 0 Å². The van der Waals surface area contributed by atoms with Crippen molar-refractivity contribution < 1.29 is 0 Å². The van der Waals surface area contributed by atoms with Gasteiger partial charge >= 0.3 is 0 Å². The fourth-order valence-electron chi connectivity index (χ4n) is 7.88. The first-order valence-corrected chi connectivity index (χ1v) is 19.1. The summed E-state index contributed by atoms with van der Waals surface area (Å²) >= 11 is 0. The average molecular weight is 713 g/mol. The zero-order valence-electron chi connectivity index (χ0n) is 30.7. The smallest absolute Gasteiger partial charge is 0.0728 e. The third kappa shape index (κ3) is 6.34. The number of rotatable bonds is 7. The summed E-state index contributed by atoms with van der Waals surface area (Å²) < 4.78 is 0. The minimum atomic E-state index is 0.943. The van der Waals surface area contributed by atoms with E-state index in [0.717, 1.165) is 61.5 Å². The molecule has 0 bridgehead atoms. The summed E-state index contributed by atoms with van der Waals surface area (Å²) in [5.74, 6) is 0. The second kappa shape index (κ2) is 14.4. The Morgan fingerprint density at radius 3 is 1.32 bits per heavy atom. The van der Waals surface area contributed by atoms with Crippen LogP contribution in [0.15, 0.2) is 218 Å². The van der Waals surface area contributed by atoms with Gasteiger partial charge in [0.05, 0.1) is 22.6 Å². The summed E-state index contributed by atoms with van der Waals surface area (Å²) in [4.78, 5) is 10.5. The van der Waals surface area contributed by atoms with Crippen molar-refractivity contribution in [3.05, 3.63) is 218 Å². The highest BCUT2D eigenvalue weighted by Gasteiger charge is 2.17. The number of nitrogens with zero attached hydrogens (tertiary/aromatic N) is 2. The molecule has 10 rings (SSSR count). The van der Waals surface area contributed by atoms with Crippen molar-refractivity contribution in [3.8, 4) is 78.3 Å². The molecule has 2 heterocycles. The Morgan fingerprint density at radius 2 is 0.679 bits per heavy atom. The van der Waals surface area contributed by atoms with Crippen LogP contribution < -0.4 is 0 Å². The summed E-state index contributed by atoms with van der Waals surface area (Å²) in [5.41, 5.74) is 16.4. The molecular formula is C54H36N2. The molecule has 0 radical (unpaired) electrons. The molecular weight excluding hydrogens is 677 g/mol. The maximum atomic E-state index is 5.33. The van der Waals surface area contributed by atoms with Crippen LogP contribution in [-0.2, 0) is 0 Å². The van der Waals surface area contributed by atoms with Crippen molar-refractivity contribution in [2.45, 2.75) is 0 Å². The van der Waals surface area contributed by atoms with Gasteiger partial charge in [-0.2, -0.15) is 0 Å². The highest BCUT2D eigenvalue weighted by atomic mass is 14.7. The van der Waals surface area contributed by atoms with Crippen LogP contribution in [0.4, 0.5) is 0 Å². The first-order valence-electron chi connectivity index (χ1n) is 19.1. The molecule has 0 aliphatic rings. The van der Waals surface area contributed by atoms with Gasteiger partial charge in [0.25, 0.3) is 0 Å². The lowest BCUT2D eigenvalue weighted by Gasteiger charge is -2.16. The largest absolute Gasteiger partial charge is 0.248 e. The Labute approximate surface area is 327 Å². The van der Waals surface area contributed by atoms with Crippen molar-refractivity contribution in [1.29, 1.82) is 0 Å². The van der Waals surface area contributed by atoms with Crippen LogP contribution in [0.25, 0.3) is 100.0 Å². The van der Waals surface area contributed by atoms with Gasteiger partial charge in [-0.25, -0.2) is 9.97 Å². The van der Waals surface area contributed by atoms with Gasteiger partial charge in [-0.15, -0.1) is 0 Å². The molecule has 0 atom stereocenters. The second-order valence-corrected chi connectivity index (χ2v) is 14.2. The van der Waals surface area contributed by atoms with E-state index < -0.39 is 0 Å². The Kier molecular flexibility index (Phi) is 8.55. The van der Waals surface area contributed by atoms with Gasteiger partial charge in [0.2, 0.25) is 0 Å². The third-order valence-corrected chi connectivity index (χ3v) is 10.7. The zero-order chi connectivity index (χ0) is 37.3. The van der Waals surface area contributed by atoms with E-state index in [2.05, 4.69) is 212 Å². The van der Waals surface area contributed by atoms with Gasteiger partial charge in [-0.05, 0) is 85.6 Å². The van der Waals surface area contributed by atoms with Crippen LogP contribution in [0.2, 0.25) is 0 Å². The molecule has 2 nitrogen and oxygen atoms in total. The van der Waals surface area contributed by atoms with Gasteiger partial charge in [0.1, 0.15) is 0 Å². The summed E-state index contributed by atoms with van der Waals surface area (Å²) in [6.45, 7) is 0. The van der Waals surface area contributed by atoms with E-state index in [1.54, 1.807) is 0 Å². The average Bonchev–Trinajstić information content (AvgIpc) is 3.29. The second-order valence-electron chi connectivity index (χ2n) is 14.2. The minimum Gasteiger partial charge on any atom is -0.248 e. The molecule has 0 spiro atoms. The lowest BCUT2D eigenvalue weighted by molar-refractivity contribution is 1.32. The van der Waals surface area contributed by atoms with Crippen molar-refractivity contribution in [2.24, 2.45) is 0 Å². The van der Waals surface area contributed by atoms with Gasteiger partial charge in [-0.1, -0.05) is 188 Å². The van der Waals surface area contributed by atoms with Crippen molar-refractivity contribution in [3.63, 3.8) is 0 Å². The highest BCUT2D eigenvalue weighted by molar-refractivity contribution is 6.18. The Morgan fingerprint density at radius 1 is 0.232 bits per heavy atom. The van der Waals surface area contributed by atoms with E-state index >= 15 is 0 Å². The molecule has 262 valence electrons.